The van der Waals surface area contributed by atoms with E-state index in [2.05, 4.69) is 44.9 Å². The van der Waals surface area contributed by atoms with Crippen LogP contribution in [-0.4, -0.2) is 78.9 Å². The van der Waals surface area contributed by atoms with Crippen LogP contribution in [0.25, 0.3) is 0 Å². The Hall–Kier alpha value is -2.29. The highest BCUT2D eigenvalue weighted by Crippen LogP contribution is 2.41. The highest BCUT2D eigenvalue weighted by molar-refractivity contribution is 5.94. The number of anilines is 1. The van der Waals surface area contributed by atoms with E-state index in [-0.39, 0.29) is 12.0 Å². The van der Waals surface area contributed by atoms with E-state index < -0.39 is 0 Å². The van der Waals surface area contributed by atoms with Crippen LogP contribution in [0.4, 0.5) is 5.82 Å². The highest BCUT2D eigenvalue weighted by Gasteiger charge is 2.34. The van der Waals surface area contributed by atoms with E-state index in [1.54, 1.807) is 7.11 Å². The Morgan fingerprint density at radius 1 is 1.19 bits per heavy atom. The van der Waals surface area contributed by atoms with E-state index in [9.17, 15) is 4.79 Å². The number of rotatable bonds is 8. The smallest absolute Gasteiger partial charge is 0.272 e. The predicted octanol–water partition coefficient (Wildman–Crippen LogP) is 3.35. The number of piperidine rings is 1. The minimum atomic E-state index is 0.0121. The van der Waals surface area contributed by atoms with Crippen molar-refractivity contribution in [2.75, 3.05) is 45.3 Å². The van der Waals surface area contributed by atoms with Gasteiger partial charge in [0, 0.05) is 51.0 Å². The molecule has 8 heteroatoms. The van der Waals surface area contributed by atoms with Crippen LogP contribution in [0.15, 0.2) is 30.6 Å². The average Bonchev–Trinajstić information content (AvgIpc) is 2.89. The summed E-state index contributed by atoms with van der Waals surface area (Å²) in [6.07, 6.45) is 17.1. The lowest BCUT2D eigenvalue weighted by molar-refractivity contribution is -0.0533. The monoisotopic (exact) mass is 495 g/mol. The topological polar surface area (TPSA) is 88.6 Å². The zero-order valence-electron chi connectivity index (χ0n) is 21.7. The first-order valence-corrected chi connectivity index (χ1v) is 13.7. The van der Waals surface area contributed by atoms with Crippen molar-refractivity contribution < 1.29 is 14.3 Å². The highest BCUT2D eigenvalue weighted by atomic mass is 16.5. The van der Waals surface area contributed by atoms with E-state index in [0.717, 1.165) is 62.8 Å². The second-order valence-electron chi connectivity index (χ2n) is 10.9. The van der Waals surface area contributed by atoms with Crippen LogP contribution in [0.5, 0.6) is 0 Å². The fourth-order valence-electron chi connectivity index (χ4n) is 6.17. The number of methoxy groups -OCH3 is 1. The second kappa shape index (κ2) is 11.8. The van der Waals surface area contributed by atoms with Gasteiger partial charge in [0.1, 0.15) is 17.8 Å². The fourth-order valence-corrected chi connectivity index (χ4v) is 6.17. The largest absolute Gasteiger partial charge is 0.379 e. The van der Waals surface area contributed by atoms with Crippen molar-refractivity contribution in [3.8, 4) is 0 Å². The third-order valence-corrected chi connectivity index (χ3v) is 8.58. The summed E-state index contributed by atoms with van der Waals surface area (Å²) in [5.74, 6) is 2.97. The number of hydrogen-bond donors (Lipinski definition) is 2. The fraction of sp³-hybridized carbons (Fsp3) is 0.679. The van der Waals surface area contributed by atoms with Gasteiger partial charge in [0.2, 0.25) is 0 Å². The molecule has 3 atom stereocenters. The Labute approximate surface area is 214 Å². The Kier molecular flexibility index (Phi) is 8.34. The molecule has 0 spiro atoms. The van der Waals surface area contributed by atoms with E-state index >= 15 is 0 Å². The number of carbonyl (C=O) groups excluding carboxylic acids is 1. The number of nitrogens with one attached hydrogen (secondary N) is 2. The quantitative estimate of drug-likeness (QED) is 0.572. The minimum absolute atomic E-state index is 0.0121. The van der Waals surface area contributed by atoms with Crippen molar-refractivity contribution in [2.24, 2.45) is 17.8 Å². The number of ether oxygens (including phenoxy) is 2. The number of hydrogen-bond acceptors (Lipinski definition) is 7. The Morgan fingerprint density at radius 2 is 2.03 bits per heavy atom. The van der Waals surface area contributed by atoms with Gasteiger partial charge >= 0.3 is 0 Å². The molecule has 1 unspecified atom stereocenters. The normalized spacial score (nSPS) is 30.7. The molecule has 1 amide bonds. The maximum Gasteiger partial charge on any atom is 0.272 e. The van der Waals surface area contributed by atoms with Crippen molar-refractivity contribution in [3.63, 3.8) is 0 Å². The van der Waals surface area contributed by atoms with Crippen molar-refractivity contribution in [3.05, 3.63) is 41.9 Å². The maximum atomic E-state index is 13.3. The molecule has 5 rings (SSSR count). The van der Waals surface area contributed by atoms with Gasteiger partial charge in [-0.05, 0) is 63.2 Å². The molecule has 2 N–H and O–H groups in total. The summed E-state index contributed by atoms with van der Waals surface area (Å²) in [6.45, 7) is 5.75. The first-order chi connectivity index (χ1) is 17.6. The molecule has 2 saturated heterocycles. The van der Waals surface area contributed by atoms with Gasteiger partial charge in [0.15, 0.2) is 0 Å². The SMILES string of the molecule is CO[C@@H]1COCC[C@@H]1NC1CCN(C(=O)c2ncnc(NC[C@H]3C[C@@H](C4C=CC=CC4)C3)c2C)CC1. The van der Waals surface area contributed by atoms with E-state index in [1.165, 1.54) is 25.6 Å². The van der Waals surface area contributed by atoms with Crippen LogP contribution < -0.4 is 10.6 Å². The summed E-state index contributed by atoms with van der Waals surface area (Å²) in [5, 5.41) is 7.27. The molecule has 196 valence electrons. The molecule has 36 heavy (non-hydrogen) atoms. The van der Waals surface area contributed by atoms with Gasteiger partial charge in [0.25, 0.3) is 5.91 Å². The van der Waals surface area contributed by atoms with Crippen LogP contribution in [0, 0.1) is 24.7 Å². The Balaban J connectivity index is 1.09. The van der Waals surface area contributed by atoms with Gasteiger partial charge in [0.05, 0.1) is 12.7 Å². The van der Waals surface area contributed by atoms with Crippen molar-refractivity contribution in [1.29, 1.82) is 0 Å². The van der Waals surface area contributed by atoms with Crippen LogP contribution in [0.1, 0.15) is 54.6 Å². The third-order valence-electron chi connectivity index (χ3n) is 8.58. The number of amides is 1. The van der Waals surface area contributed by atoms with Crippen LogP contribution in [0.2, 0.25) is 0 Å². The van der Waals surface area contributed by atoms with Crippen LogP contribution >= 0.6 is 0 Å². The molecule has 1 saturated carbocycles. The van der Waals surface area contributed by atoms with Crippen molar-refractivity contribution >= 4 is 11.7 Å². The molecule has 0 radical (unpaired) electrons. The zero-order valence-corrected chi connectivity index (χ0v) is 21.7. The van der Waals surface area contributed by atoms with Crippen molar-refractivity contribution in [2.45, 2.75) is 63.6 Å². The average molecular weight is 496 g/mol. The molecule has 0 aromatic carbocycles. The number of allylic oxidation sites excluding steroid dienone is 4. The summed E-state index contributed by atoms with van der Waals surface area (Å²) < 4.78 is 11.1. The summed E-state index contributed by atoms with van der Waals surface area (Å²) in [5.41, 5.74) is 1.37. The van der Waals surface area contributed by atoms with E-state index in [0.29, 0.717) is 36.2 Å². The first kappa shape index (κ1) is 25.4. The van der Waals surface area contributed by atoms with Gasteiger partial charge in [-0.3, -0.25) is 4.79 Å². The van der Waals surface area contributed by atoms with Gasteiger partial charge in [-0.2, -0.15) is 0 Å². The van der Waals surface area contributed by atoms with Gasteiger partial charge in [-0.15, -0.1) is 0 Å². The molecule has 3 fully saturated rings. The summed E-state index contributed by atoms with van der Waals surface area (Å²) in [6, 6.07) is 0.709. The predicted molar refractivity (Wildman–Crippen MR) is 140 cm³/mol. The molecular weight excluding hydrogens is 454 g/mol. The molecule has 0 bridgehead atoms. The molecule has 4 aliphatic rings. The lowest BCUT2D eigenvalue weighted by Crippen LogP contribution is -2.54. The van der Waals surface area contributed by atoms with E-state index in [4.69, 9.17) is 9.47 Å². The summed E-state index contributed by atoms with van der Waals surface area (Å²) in [7, 11) is 1.75. The Bertz CT molecular complexity index is 953. The standard InChI is InChI=1S/C28H41N5O3/c1-19-26(28(34)33-11-8-23(9-12-33)32-24-10-13-36-17-25(24)35-2)30-18-31-27(19)29-16-20-14-22(15-20)21-6-4-3-5-7-21/h3-6,18,20-25,32H,7-17H2,1-2H3,(H,29,30,31)/t20-,21?,22+,24-,25+/m0/s1. The van der Waals surface area contributed by atoms with Gasteiger partial charge in [-0.25, -0.2) is 9.97 Å². The molecule has 2 aliphatic carbocycles. The maximum absolute atomic E-state index is 13.3. The van der Waals surface area contributed by atoms with Crippen LogP contribution in [-0.2, 0) is 9.47 Å². The molecule has 1 aromatic rings. The number of aromatic nitrogens is 2. The summed E-state index contributed by atoms with van der Waals surface area (Å²) in [4.78, 5) is 24.1. The second-order valence-corrected chi connectivity index (χ2v) is 10.9. The lowest BCUT2D eigenvalue weighted by atomic mass is 9.67. The van der Waals surface area contributed by atoms with Gasteiger partial charge < -0.3 is 25.0 Å². The van der Waals surface area contributed by atoms with E-state index in [1.807, 2.05) is 11.8 Å². The van der Waals surface area contributed by atoms with Gasteiger partial charge in [-0.1, -0.05) is 24.3 Å². The number of likely N-dealkylation sites (tertiary alicyclic amines) is 1. The van der Waals surface area contributed by atoms with Crippen molar-refractivity contribution in [1.82, 2.24) is 20.2 Å². The molecule has 1 aromatic heterocycles. The Morgan fingerprint density at radius 3 is 2.78 bits per heavy atom. The lowest BCUT2D eigenvalue weighted by Gasteiger charge is -2.40. The zero-order chi connectivity index (χ0) is 24.9. The molecule has 8 nitrogen and oxygen atoms in total. The van der Waals surface area contributed by atoms with Crippen LogP contribution in [0.3, 0.4) is 0 Å². The number of carbonyl (C=O) groups is 1. The number of nitrogens with zero attached hydrogens (tertiary/aromatic N) is 3. The molecular formula is C28H41N5O3. The third kappa shape index (κ3) is 5.82. The first-order valence-electron chi connectivity index (χ1n) is 13.7. The summed E-state index contributed by atoms with van der Waals surface area (Å²) >= 11 is 0. The molecule has 3 heterocycles. The molecule has 2 aliphatic heterocycles. The minimum Gasteiger partial charge on any atom is -0.379 e.